The first-order valence-corrected chi connectivity index (χ1v) is 5.23. The van der Waals surface area contributed by atoms with Crippen molar-refractivity contribution in [2.24, 2.45) is 0 Å². The largest absolute Gasteiger partial charge is 0.322 e. The fraction of sp³-hybridized carbons (Fsp3) is 0.0909. The van der Waals surface area contributed by atoms with Gasteiger partial charge in [0, 0.05) is 11.8 Å². The van der Waals surface area contributed by atoms with Crippen LogP contribution in [-0.4, -0.2) is 21.0 Å². The van der Waals surface area contributed by atoms with E-state index < -0.39 is 22.3 Å². The molecule has 1 heterocycles. The Balaban J connectivity index is 2.26. The molecule has 0 aliphatic heterocycles. The van der Waals surface area contributed by atoms with Crippen LogP contribution in [0, 0.1) is 22.9 Å². The van der Waals surface area contributed by atoms with Crippen molar-refractivity contribution >= 4 is 17.3 Å². The van der Waals surface area contributed by atoms with E-state index >= 15 is 0 Å². The predicted octanol–water partition coefficient (Wildman–Crippen LogP) is 2.02. The molecular weight excluding hydrogens is 255 g/mol. The van der Waals surface area contributed by atoms with Crippen LogP contribution in [0.1, 0.15) is 16.1 Å². The van der Waals surface area contributed by atoms with Gasteiger partial charge in [0.15, 0.2) is 0 Å². The van der Waals surface area contributed by atoms with Gasteiger partial charge in [-0.3, -0.25) is 20.0 Å². The molecule has 0 spiro atoms. The van der Waals surface area contributed by atoms with Gasteiger partial charge in [0.05, 0.1) is 28.4 Å². The zero-order valence-corrected chi connectivity index (χ0v) is 9.81. The highest BCUT2D eigenvalue weighted by Gasteiger charge is 2.14. The lowest BCUT2D eigenvalue weighted by atomic mass is 10.2. The summed E-state index contributed by atoms with van der Waals surface area (Å²) in [7, 11) is 0. The molecule has 0 aliphatic rings. The Labute approximate surface area is 106 Å². The van der Waals surface area contributed by atoms with Gasteiger partial charge in [-0.15, -0.1) is 0 Å². The standard InChI is InChI=1S/C11H9FN4O3/c1-6-10(5-13-15-6)11(17)14-8-2-7(12)3-9(4-8)16(18)19/h2-5H,1H3,(H,13,15)(H,14,17). The van der Waals surface area contributed by atoms with Crippen molar-refractivity contribution < 1.29 is 14.1 Å². The second-order valence-corrected chi connectivity index (χ2v) is 3.82. The van der Waals surface area contributed by atoms with Gasteiger partial charge < -0.3 is 5.32 Å². The number of hydrogen-bond acceptors (Lipinski definition) is 4. The van der Waals surface area contributed by atoms with E-state index in [1.165, 1.54) is 6.20 Å². The number of carbonyl (C=O) groups is 1. The van der Waals surface area contributed by atoms with Gasteiger partial charge in [0.25, 0.3) is 11.6 Å². The number of non-ortho nitro benzene ring substituents is 1. The highest BCUT2D eigenvalue weighted by Crippen LogP contribution is 2.20. The molecule has 19 heavy (non-hydrogen) atoms. The molecule has 0 fully saturated rings. The van der Waals surface area contributed by atoms with Gasteiger partial charge in [0.1, 0.15) is 5.82 Å². The summed E-state index contributed by atoms with van der Waals surface area (Å²) in [5.41, 5.74) is 0.409. The van der Waals surface area contributed by atoms with E-state index in [0.29, 0.717) is 5.69 Å². The Morgan fingerprint density at radius 1 is 1.47 bits per heavy atom. The summed E-state index contributed by atoms with van der Waals surface area (Å²) >= 11 is 0. The van der Waals surface area contributed by atoms with Crippen molar-refractivity contribution in [3.05, 3.63) is 51.6 Å². The van der Waals surface area contributed by atoms with Crippen molar-refractivity contribution in [2.75, 3.05) is 5.32 Å². The third kappa shape index (κ3) is 2.73. The summed E-state index contributed by atoms with van der Waals surface area (Å²) in [5.74, 6) is -1.32. The van der Waals surface area contributed by atoms with Gasteiger partial charge in [0.2, 0.25) is 0 Å². The van der Waals surface area contributed by atoms with E-state index in [1.54, 1.807) is 6.92 Å². The molecule has 0 aliphatic carbocycles. The molecular formula is C11H9FN4O3. The summed E-state index contributed by atoms with van der Waals surface area (Å²) in [6.45, 7) is 1.65. The Morgan fingerprint density at radius 3 is 2.79 bits per heavy atom. The van der Waals surface area contributed by atoms with Crippen molar-refractivity contribution in [2.45, 2.75) is 6.92 Å². The Bertz CT molecular complexity index is 653. The molecule has 2 rings (SSSR count). The van der Waals surface area contributed by atoms with Gasteiger partial charge in [-0.05, 0) is 13.0 Å². The molecule has 0 atom stereocenters. The van der Waals surface area contributed by atoms with E-state index in [1.807, 2.05) is 0 Å². The number of anilines is 1. The number of H-pyrrole nitrogens is 1. The zero-order chi connectivity index (χ0) is 14.0. The number of amides is 1. The van der Waals surface area contributed by atoms with E-state index in [4.69, 9.17) is 0 Å². The lowest BCUT2D eigenvalue weighted by molar-refractivity contribution is -0.385. The van der Waals surface area contributed by atoms with E-state index in [-0.39, 0.29) is 11.3 Å². The van der Waals surface area contributed by atoms with Gasteiger partial charge in [-0.1, -0.05) is 0 Å². The second kappa shape index (κ2) is 4.84. The fourth-order valence-electron chi connectivity index (χ4n) is 1.53. The molecule has 0 radical (unpaired) electrons. The van der Waals surface area contributed by atoms with Crippen LogP contribution in [0.5, 0.6) is 0 Å². The highest BCUT2D eigenvalue weighted by atomic mass is 19.1. The molecule has 98 valence electrons. The third-order valence-corrected chi connectivity index (χ3v) is 2.43. The van der Waals surface area contributed by atoms with Gasteiger partial charge in [-0.25, -0.2) is 4.39 Å². The SMILES string of the molecule is Cc1[nH]ncc1C(=O)Nc1cc(F)cc([N+](=O)[O-])c1. The molecule has 1 aromatic heterocycles. The molecule has 2 aromatic rings. The molecule has 1 amide bonds. The van der Waals surface area contributed by atoms with E-state index in [2.05, 4.69) is 15.5 Å². The summed E-state index contributed by atoms with van der Waals surface area (Å²) in [5, 5.41) is 19.2. The molecule has 2 N–H and O–H groups in total. The number of rotatable bonds is 3. The lowest BCUT2D eigenvalue weighted by Crippen LogP contribution is -2.12. The average molecular weight is 264 g/mol. The first-order valence-electron chi connectivity index (χ1n) is 5.23. The Hall–Kier alpha value is -2.77. The maximum atomic E-state index is 13.2. The Kier molecular flexibility index (Phi) is 3.23. The molecule has 0 unspecified atom stereocenters. The van der Waals surface area contributed by atoms with Crippen LogP contribution in [0.3, 0.4) is 0 Å². The van der Waals surface area contributed by atoms with Crippen LogP contribution in [0.2, 0.25) is 0 Å². The van der Waals surface area contributed by atoms with Gasteiger partial charge in [-0.2, -0.15) is 5.10 Å². The third-order valence-electron chi connectivity index (χ3n) is 2.43. The molecule has 1 aromatic carbocycles. The Morgan fingerprint density at radius 2 is 2.21 bits per heavy atom. The van der Waals surface area contributed by atoms with Crippen LogP contribution in [0.4, 0.5) is 15.8 Å². The first kappa shape index (κ1) is 12.7. The molecule has 8 heteroatoms. The summed E-state index contributed by atoms with van der Waals surface area (Å²) in [6, 6.07) is 2.86. The quantitative estimate of drug-likeness (QED) is 0.654. The monoisotopic (exact) mass is 264 g/mol. The zero-order valence-electron chi connectivity index (χ0n) is 9.81. The molecule has 0 saturated heterocycles. The maximum Gasteiger partial charge on any atom is 0.274 e. The summed E-state index contributed by atoms with van der Waals surface area (Å²) in [4.78, 5) is 21.7. The second-order valence-electron chi connectivity index (χ2n) is 3.82. The van der Waals surface area contributed by atoms with Crippen LogP contribution in [0.15, 0.2) is 24.4 Å². The van der Waals surface area contributed by atoms with Crippen LogP contribution >= 0.6 is 0 Å². The minimum Gasteiger partial charge on any atom is -0.322 e. The van der Waals surface area contributed by atoms with Crippen LogP contribution in [0.25, 0.3) is 0 Å². The molecule has 0 bridgehead atoms. The highest BCUT2D eigenvalue weighted by molar-refractivity contribution is 6.04. The minimum atomic E-state index is -0.798. The number of carbonyl (C=O) groups excluding carboxylic acids is 1. The number of nitrogens with zero attached hydrogens (tertiary/aromatic N) is 2. The van der Waals surface area contributed by atoms with E-state index in [9.17, 15) is 19.3 Å². The fourth-order valence-corrected chi connectivity index (χ4v) is 1.53. The smallest absolute Gasteiger partial charge is 0.274 e. The van der Waals surface area contributed by atoms with Crippen molar-refractivity contribution in [1.29, 1.82) is 0 Å². The van der Waals surface area contributed by atoms with Crippen molar-refractivity contribution in [3.8, 4) is 0 Å². The average Bonchev–Trinajstić information content (AvgIpc) is 2.74. The number of nitro benzene ring substituents is 1. The van der Waals surface area contributed by atoms with Gasteiger partial charge >= 0.3 is 0 Å². The predicted molar refractivity (Wildman–Crippen MR) is 64.3 cm³/mol. The number of aryl methyl sites for hydroxylation is 1. The number of benzene rings is 1. The lowest BCUT2D eigenvalue weighted by Gasteiger charge is -2.04. The number of aromatic nitrogens is 2. The van der Waals surface area contributed by atoms with Crippen LogP contribution < -0.4 is 5.32 Å². The normalized spacial score (nSPS) is 10.2. The minimum absolute atomic E-state index is 0.0114. The van der Waals surface area contributed by atoms with E-state index in [0.717, 1.165) is 18.2 Å². The number of halogens is 1. The number of nitro groups is 1. The number of nitrogens with one attached hydrogen (secondary N) is 2. The molecule has 0 saturated carbocycles. The topological polar surface area (TPSA) is 101 Å². The van der Waals surface area contributed by atoms with Crippen molar-refractivity contribution in [3.63, 3.8) is 0 Å². The number of aromatic amines is 1. The number of hydrogen-bond donors (Lipinski definition) is 2. The van der Waals surface area contributed by atoms with Crippen molar-refractivity contribution in [1.82, 2.24) is 10.2 Å². The summed E-state index contributed by atoms with van der Waals surface area (Å²) in [6.07, 6.45) is 1.32. The first-order chi connectivity index (χ1) is 8.97. The summed E-state index contributed by atoms with van der Waals surface area (Å²) < 4.78 is 13.2. The van der Waals surface area contributed by atoms with Crippen LogP contribution in [-0.2, 0) is 0 Å². The maximum absolute atomic E-state index is 13.2. The molecule has 7 nitrogen and oxygen atoms in total.